The lowest BCUT2D eigenvalue weighted by atomic mass is 10.2. The number of rotatable bonds is 5. The van der Waals surface area contributed by atoms with Crippen molar-refractivity contribution < 1.29 is 4.74 Å². The highest BCUT2D eigenvalue weighted by Gasteiger charge is 2.01. The molecular weight excluding hydrogens is 258 g/mol. The van der Waals surface area contributed by atoms with Crippen molar-refractivity contribution in [3.05, 3.63) is 59.1 Å². The van der Waals surface area contributed by atoms with Crippen LogP contribution in [0.1, 0.15) is 19.4 Å². The molecule has 0 amide bonds. The third kappa shape index (κ3) is 4.18. The van der Waals surface area contributed by atoms with Gasteiger partial charge in [-0.3, -0.25) is 0 Å². The minimum absolute atomic E-state index is 0.187. The lowest BCUT2D eigenvalue weighted by Crippen LogP contribution is -2.06. The summed E-state index contributed by atoms with van der Waals surface area (Å²) in [4.78, 5) is 0. The minimum Gasteiger partial charge on any atom is -0.491 e. The van der Waals surface area contributed by atoms with Crippen molar-refractivity contribution in [2.45, 2.75) is 26.5 Å². The van der Waals surface area contributed by atoms with Crippen molar-refractivity contribution in [3.63, 3.8) is 0 Å². The predicted molar refractivity (Wildman–Crippen MR) is 81.0 cm³/mol. The first-order chi connectivity index (χ1) is 9.15. The van der Waals surface area contributed by atoms with Gasteiger partial charge in [-0.05, 0) is 43.7 Å². The Bertz CT molecular complexity index is 540. The molecule has 1 N–H and O–H groups in total. The van der Waals surface area contributed by atoms with E-state index in [9.17, 15) is 0 Å². The molecule has 2 aromatic carbocycles. The second-order valence-electron chi connectivity index (χ2n) is 4.65. The van der Waals surface area contributed by atoms with Crippen LogP contribution in [0, 0.1) is 0 Å². The van der Waals surface area contributed by atoms with E-state index in [1.165, 1.54) is 0 Å². The Morgan fingerprint density at radius 3 is 2.63 bits per heavy atom. The van der Waals surface area contributed by atoms with E-state index in [-0.39, 0.29) is 6.10 Å². The summed E-state index contributed by atoms with van der Waals surface area (Å²) in [5.41, 5.74) is 2.11. The molecule has 0 fully saturated rings. The zero-order valence-corrected chi connectivity index (χ0v) is 11.9. The van der Waals surface area contributed by atoms with Crippen LogP contribution in [-0.2, 0) is 6.54 Å². The SMILES string of the molecule is CC(C)Oc1cccc(CNc2ccccc2Cl)c1. The smallest absolute Gasteiger partial charge is 0.120 e. The van der Waals surface area contributed by atoms with E-state index in [0.29, 0.717) is 0 Å². The van der Waals surface area contributed by atoms with Crippen LogP contribution in [0.5, 0.6) is 5.75 Å². The van der Waals surface area contributed by atoms with Gasteiger partial charge in [-0.25, -0.2) is 0 Å². The molecule has 2 nitrogen and oxygen atoms in total. The van der Waals surface area contributed by atoms with Gasteiger partial charge in [0.1, 0.15) is 5.75 Å². The maximum Gasteiger partial charge on any atom is 0.120 e. The number of para-hydroxylation sites is 1. The van der Waals surface area contributed by atoms with Gasteiger partial charge in [0.25, 0.3) is 0 Å². The summed E-state index contributed by atoms with van der Waals surface area (Å²) in [6.07, 6.45) is 0.187. The van der Waals surface area contributed by atoms with E-state index in [1.54, 1.807) is 0 Å². The Morgan fingerprint density at radius 2 is 1.89 bits per heavy atom. The Balaban J connectivity index is 2.02. The number of halogens is 1. The highest BCUT2D eigenvalue weighted by molar-refractivity contribution is 6.33. The maximum atomic E-state index is 6.10. The van der Waals surface area contributed by atoms with Crippen molar-refractivity contribution in [1.82, 2.24) is 0 Å². The third-order valence-electron chi connectivity index (χ3n) is 2.63. The zero-order valence-electron chi connectivity index (χ0n) is 11.2. The second kappa shape index (κ2) is 6.48. The number of benzene rings is 2. The van der Waals surface area contributed by atoms with E-state index in [0.717, 1.165) is 28.6 Å². The highest BCUT2D eigenvalue weighted by atomic mass is 35.5. The quantitative estimate of drug-likeness (QED) is 0.851. The van der Waals surface area contributed by atoms with Crippen LogP contribution in [0.25, 0.3) is 0 Å². The molecule has 0 aliphatic heterocycles. The molecule has 0 unspecified atom stereocenters. The molecule has 0 saturated carbocycles. The standard InChI is InChI=1S/C16H18ClNO/c1-12(2)19-14-7-5-6-13(10-14)11-18-16-9-4-3-8-15(16)17/h3-10,12,18H,11H2,1-2H3. The summed E-state index contributed by atoms with van der Waals surface area (Å²) in [6, 6.07) is 15.8. The summed E-state index contributed by atoms with van der Waals surface area (Å²) in [5.74, 6) is 0.897. The van der Waals surface area contributed by atoms with Crippen molar-refractivity contribution in [3.8, 4) is 5.75 Å². The fourth-order valence-corrected chi connectivity index (χ4v) is 2.01. The number of hydrogen-bond acceptors (Lipinski definition) is 2. The molecule has 0 aliphatic carbocycles. The summed E-state index contributed by atoms with van der Waals surface area (Å²) in [7, 11) is 0. The zero-order chi connectivity index (χ0) is 13.7. The fourth-order valence-electron chi connectivity index (χ4n) is 1.80. The average Bonchev–Trinajstić information content (AvgIpc) is 2.37. The number of anilines is 1. The number of nitrogens with one attached hydrogen (secondary N) is 1. The molecule has 0 spiro atoms. The van der Waals surface area contributed by atoms with E-state index in [1.807, 2.05) is 56.3 Å². The van der Waals surface area contributed by atoms with Crippen molar-refractivity contribution in [1.29, 1.82) is 0 Å². The van der Waals surface area contributed by atoms with Gasteiger partial charge in [-0.2, -0.15) is 0 Å². The summed E-state index contributed by atoms with van der Waals surface area (Å²) in [5, 5.41) is 4.06. The van der Waals surface area contributed by atoms with Crippen molar-refractivity contribution in [2.75, 3.05) is 5.32 Å². The number of ether oxygens (including phenoxy) is 1. The molecule has 0 saturated heterocycles. The van der Waals surface area contributed by atoms with Gasteiger partial charge < -0.3 is 10.1 Å². The second-order valence-corrected chi connectivity index (χ2v) is 5.05. The molecule has 0 bridgehead atoms. The van der Waals surface area contributed by atoms with Crippen LogP contribution in [0.3, 0.4) is 0 Å². The van der Waals surface area contributed by atoms with Gasteiger partial charge in [0.15, 0.2) is 0 Å². The lowest BCUT2D eigenvalue weighted by molar-refractivity contribution is 0.242. The van der Waals surface area contributed by atoms with Gasteiger partial charge in [0.05, 0.1) is 16.8 Å². The molecular formula is C16H18ClNO. The molecule has 0 aromatic heterocycles. The van der Waals surface area contributed by atoms with E-state index >= 15 is 0 Å². The highest BCUT2D eigenvalue weighted by Crippen LogP contribution is 2.22. The van der Waals surface area contributed by atoms with Crippen LogP contribution < -0.4 is 10.1 Å². The Labute approximate surface area is 119 Å². The first kappa shape index (κ1) is 13.8. The van der Waals surface area contributed by atoms with Gasteiger partial charge in [-0.15, -0.1) is 0 Å². The van der Waals surface area contributed by atoms with Crippen LogP contribution in [0.4, 0.5) is 5.69 Å². The Kier molecular flexibility index (Phi) is 4.69. The van der Waals surface area contributed by atoms with Gasteiger partial charge in [0.2, 0.25) is 0 Å². The Hall–Kier alpha value is -1.67. The topological polar surface area (TPSA) is 21.3 Å². The van der Waals surface area contributed by atoms with Crippen LogP contribution in [0.15, 0.2) is 48.5 Å². The van der Waals surface area contributed by atoms with Gasteiger partial charge in [-0.1, -0.05) is 35.9 Å². The predicted octanol–water partition coefficient (Wildman–Crippen LogP) is 4.74. The van der Waals surface area contributed by atoms with Crippen molar-refractivity contribution in [2.24, 2.45) is 0 Å². The maximum absolute atomic E-state index is 6.10. The van der Waals surface area contributed by atoms with E-state index in [4.69, 9.17) is 16.3 Å². The number of hydrogen-bond donors (Lipinski definition) is 1. The minimum atomic E-state index is 0.187. The van der Waals surface area contributed by atoms with Gasteiger partial charge in [0, 0.05) is 6.54 Å². The summed E-state index contributed by atoms with van der Waals surface area (Å²) >= 11 is 6.10. The van der Waals surface area contributed by atoms with Crippen LogP contribution in [0.2, 0.25) is 5.02 Å². The van der Waals surface area contributed by atoms with Crippen molar-refractivity contribution >= 4 is 17.3 Å². The molecule has 0 radical (unpaired) electrons. The molecule has 2 aromatic rings. The van der Waals surface area contributed by atoms with Crippen LogP contribution >= 0.6 is 11.6 Å². The lowest BCUT2D eigenvalue weighted by Gasteiger charge is -2.12. The molecule has 0 aliphatic rings. The normalized spacial score (nSPS) is 10.5. The first-order valence-corrected chi connectivity index (χ1v) is 6.77. The average molecular weight is 276 g/mol. The largest absolute Gasteiger partial charge is 0.491 e. The molecule has 3 heteroatoms. The molecule has 100 valence electrons. The summed E-state index contributed by atoms with van der Waals surface area (Å²) in [6.45, 7) is 4.77. The Morgan fingerprint density at radius 1 is 1.11 bits per heavy atom. The fraction of sp³-hybridized carbons (Fsp3) is 0.250. The molecule has 2 rings (SSSR count). The first-order valence-electron chi connectivity index (χ1n) is 6.39. The molecule has 19 heavy (non-hydrogen) atoms. The monoisotopic (exact) mass is 275 g/mol. The third-order valence-corrected chi connectivity index (χ3v) is 2.96. The van der Waals surface area contributed by atoms with E-state index < -0.39 is 0 Å². The van der Waals surface area contributed by atoms with Crippen LogP contribution in [-0.4, -0.2) is 6.10 Å². The molecule has 0 atom stereocenters. The molecule has 0 heterocycles. The summed E-state index contributed by atoms with van der Waals surface area (Å²) < 4.78 is 5.68. The van der Waals surface area contributed by atoms with E-state index in [2.05, 4.69) is 11.4 Å². The van der Waals surface area contributed by atoms with Gasteiger partial charge >= 0.3 is 0 Å².